The molecule has 7 heteroatoms. The van der Waals surface area contributed by atoms with Gasteiger partial charge in [-0.15, -0.1) is 0 Å². The summed E-state index contributed by atoms with van der Waals surface area (Å²) in [4.78, 5) is 20.0. The fourth-order valence-corrected chi connectivity index (χ4v) is 3.16. The van der Waals surface area contributed by atoms with E-state index in [1.54, 1.807) is 19.4 Å². The van der Waals surface area contributed by atoms with Crippen molar-refractivity contribution in [3.63, 3.8) is 0 Å². The number of hydrogen-bond acceptors (Lipinski definition) is 6. The van der Waals surface area contributed by atoms with Crippen molar-refractivity contribution in [3.05, 3.63) is 70.3 Å². The third-order valence-corrected chi connectivity index (χ3v) is 4.73. The standard InChI is InChI=1S/C21H22N4O3/c1-27-17-8-6-16(7-9-17)14-22-25-20(15-24-10-12-28-13-11-24)23-19-5-3-2-4-18(19)21(25)26/h2-9,14H,10-13,15H2,1H3. The van der Waals surface area contributed by atoms with Gasteiger partial charge in [0.1, 0.15) is 11.6 Å². The molecule has 1 aromatic heterocycles. The molecule has 0 atom stereocenters. The summed E-state index contributed by atoms with van der Waals surface area (Å²) in [6.45, 7) is 3.54. The van der Waals surface area contributed by atoms with Gasteiger partial charge in [0.2, 0.25) is 0 Å². The van der Waals surface area contributed by atoms with Gasteiger partial charge >= 0.3 is 0 Å². The lowest BCUT2D eigenvalue weighted by Crippen LogP contribution is -2.37. The van der Waals surface area contributed by atoms with Crippen LogP contribution in [0.4, 0.5) is 0 Å². The van der Waals surface area contributed by atoms with Gasteiger partial charge in [-0.2, -0.15) is 9.78 Å². The number of nitrogens with zero attached hydrogens (tertiary/aromatic N) is 4. The van der Waals surface area contributed by atoms with E-state index in [9.17, 15) is 4.79 Å². The second-order valence-corrected chi connectivity index (χ2v) is 6.57. The van der Waals surface area contributed by atoms with Crippen LogP contribution in [0.3, 0.4) is 0 Å². The van der Waals surface area contributed by atoms with E-state index in [0.717, 1.165) is 24.4 Å². The SMILES string of the molecule is COc1ccc(C=Nn2c(CN3CCOCC3)nc3ccccc3c2=O)cc1. The normalized spacial score (nSPS) is 15.3. The Labute approximate surface area is 162 Å². The maximum Gasteiger partial charge on any atom is 0.282 e. The first-order valence-corrected chi connectivity index (χ1v) is 9.24. The molecule has 1 saturated heterocycles. The first-order chi connectivity index (χ1) is 13.7. The largest absolute Gasteiger partial charge is 0.497 e. The van der Waals surface area contributed by atoms with Crippen molar-refractivity contribution < 1.29 is 9.47 Å². The molecular weight excluding hydrogens is 356 g/mol. The number of para-hydroxylation sites is 1. The Hall–Kier alpha value is -3.03. The monoisotopic (exact) mass is 378 g/mol. The van der Waals surface area contributed by atoms with E-state index in [4.69, 9.17) is 14.5 Å². The third kappa shape index (κ3) is 3.95. The zero-order valence-corrected chi connectivity index (χ0v) is 15.7. The van der Waals surface area contributed by atoms with Crippen molar-refractivity contribution in [2.75, 3.05) is 33.4 Å². The van der Waals surface area contributed by atoms with Gasteiger partial charge < -0.3 is 9.47 Å². The van der Waals surface area contributed by atoms with E-state index >= 15 is 0 Å². The molecule has 0 amide bonds. The number of ether oxygens (including phenoxy) is 2. The van der Waals surface area contributed by atoms with E-state index in [1.807, 2.05) is 42.5 Å². The lowest BCUT2D eigenvalue weighted by Gasteiger charge is -2.26. The Morgan fingerprint density at radius 1 is 1.14 bits per heavy atom. The van der Waals surface area contributed by atoms with Crippen LogP contribution in [-0.2, 0) is 11.3 Å². The average Bonchev–Trinajstić information content (AvgIpc) is 2.75. The summed E-state index contributed by atoms with van der Waals surface area (Å²) < 4.78 is 12.0. The van der Waals surface area contributed by atoms with Crippen LogP contribution < -0.4 is 10.3 Å². The molecular formula is C21H22N4O3. The number of methoxy groups -OCH3 is 1. The molecule has 1 aliphatic rings. The zero-order chi connectivity index (χ0) is 19.3. The second-order valence-electron chi connectivity index (χ2n) is 6.57. The Morgan fingerprint density at radius 3 is 2.64 bits per heavy atom. The van der Waals surface area contributed by atoms with Crippen LogP contribution in [-0.4, -0.2) is 54.2 Å². The summed E-state index contributed by atoms with van der Waals surface area (Å²) >= 11 is 0. The van der Waals surface area contributed by atoms with E-state index in [2.05, 4.69) is 10.0 Å². The molecule has 0 radical (unpaired) electrons. The van der Waals surface area contributed by atoms with Crippen LogP contribution in [0.15, 0.2) is 58.4 Å². The Morgan fingerprint density at radius 2 is 1.89 bits per heavy atom. The van der Waals surface area contributed by atoms with Crippen molar-refractivity contribution in [2.45, 2.75) is 6.54 Å². The second kappa shape index (κ2) is 8.33. The first kappa shape index (κ1) is 18.3. The molecule has 144 valence electrons. The van der Waals surface area contributed by atoms with Gasteiger partial charge in [0, 0.05) is 13.1 Å². The Kier molecular flexibility index (Phi) is 5.45. The topological polar surface area (TPSA) is 68.9 Å². The molecule has 2 aromatic carbocycles. The first-order valence-electron chi connectivity index (χ1n) is 9.24. The fraction of sp³-hybridized carbons (Fsp3) is 0.286. The van der Waals surface area contributed by atoms with Crippen LogP contribution in [0.1, 0.15) is 11.4 Å². The minimum atomic E-state index is -0.168. The maximum absolute atomic E-state index is 13.1. The molecule has 28 heavy (non-hydrogen) atoms. The summed E-state index contributed by atoms with van der Waals surface area (Å²) in [7, 11) is 1.63. The van der Waals surface area contributed by atoms with Gasteiger partial charge in [0.05, 0.1) is 44.0 Å². The van der Waals surface area contributed by atoms with Crippen molar-refractivity contribution in [3.8, 4) is 5.75 Å². The van der Waals surface area contributed by atoms with Crippen molar-refractivity contribution in [1.82, 2.24) is 14.6 Å². The number of aromatic nitrogens is 2. The predicted octanol–water partition coefficient (Wildman–Crippen LogP) is 2.12. The molecule has 4 rings (SSSR count). The van der Waals surface area contributed by atoms with Gasteiger partial charge in [-0.3, -0.25) is 9.69 Å². The fourth-order valence-electron chi connectivity index (χ4n) is 3.16. The lowest BCUT2D eigenvalue weighted by molar-refractivity contribution is 0.0325. The number of benzene rings is 2. The summed E-state index contributed by atoms with van der Waals surface area (Å²) in [5, 5.41) is 5.02. The molecule has 1 aliphatic heterocycles. The van der Waals surface area contributed by atoms with Gasteiger partial charge in [-0.25, -0.2) is 4.98 Å². The van der Waals surface area contributed by atoms with Crippen molar-refractivity contribution in [2.24, 2.45) is 5.10 Å². The number of hydrogen-bond donors (Lipinski definition) is 0. The van der Waals surface area contributed by atoms with Crippen LogP contribution in [0.5, 0.6) is 5.75 Å². The summed E-state index contributed by atoms with van der Waals surface area (Å²) in [6, 6.07) is 14.9. The minimum Gasteiger partial charge on any atom is -0.497 e. The van der Waals surface area contributed by atoms with E-state index < -0.39 is 0 Å². The number of fused-ring (bicyclic) bond motifs is 1. The maximum atomic E-state index is 13.1. The average molecular weight is 378 g/mol. The predicted molar refractivity (Wildman–Crippen MR) is 108 cm³/mol. The molecule has 0 saturated carbocycles. The highest BCUT2D eigenvalue weighted by molar-refractivity contribution is 5.80. The minimum absolute atomic E-state index is 0.168. The van der Waals surface area contributed by atoms with Gasteiger partial charge in [-0.05, 0) is 42.0 Å². The third-order valence-electron chi connectivity index (χ3n) is 4.73. The van der Waals surface area contributed by atoms with E-state index in [-0.39, 0.29) is 5.56 Å². The molecule has 7 nitrogen and oxygen atoms in total. The summed E-state index contributed by atoms with van der Waals surface area (Å²) in [5.41, 5.74) is 1.39. The molecule has 1 fully saturated rings. The van der Waals surface area contributed by atoms with Gasteiger partial charge in [-0.1, -0.05) is 12.1 Å². The molecule has 0 aliphatic carbocycles. The highest BCUT2D eigenvalue weighted by Crippen LogP contribution is 2.12. The van der Waals surface area contributed by atoms with Gasteiger partial charge in [0.15, 0.2) is 0 Å². The highest BCUT2D eigenvalue weighted by Gasteiger charge is 2.16. The molecule has 3 aromatic rings. The van der Waals surface area contributed by atoms with Crippen LogP contribution in [0.25, 0.3) is 10.9 Å². The summed E-state index contributed by atoms with van der Waals surface area (Å²) in [5.74, 6) is 1.39. The zero-order valence-electron chi connectivity index (χ0n) is 15.7. The molecule has 0 N–H and O–H groups in total. The highest BCUT2D eigenvalue weighted by atomic mass is 16.5. The van der Waals surface area contributed by atoms with Crippen molar-refractivity contribution >= 4 is 17.1 Å². The number of rotatable bonds is 5. The molecule has 2 heterocycles. The van der Waals surface area contributed by atoms with E-state index in [0.29, 0.717) is 36.5 Å². The van der Waals surface area contributed by atoms with Crippen LogP contribution in [0, 0.1) is 0 Å². The van der Waals surface area contributed by atoms with Crippen LogP contribution in [0.2, 0.25) is 0 Å². The lowest BCUT2D eigenvalue weighted by atomic mass is 10.2. The summed E-state index contributed by atoms with van der Waals surface area (Å²) in [6.07, 6.45) is 1.67. The quantitative estimate of drug-likeness (QED) is 0.636. The number of morpholine rings is 1. The molecule has 0 unspecified atom stereocenters. The Bertz CT molecular complexity index is 1040. The van der Waals surface area contributed by atoms with E-state index in [1.165, 1.54) is 4.68 Å². The van der Waals surface area contributed by atoms with Crippen LogP contribution >= 0.6 is 0 Å². The Balaban J connectivity index is 1.72. The molecule has 0 bridgehead atoms. The smallest absolute Gasteiger partial charge is 0.282 e. The molecule has 0 spiro atoms. The van der Waals surface area contributed by atoms with Gasteiger partial charge in [0.25, 0.3) is 5.56 Å². The van der Waals surface area contributed by atoms with Crippen molar-refractivity contribution in [1.29, 1.82) is 0 Å².